The molecule has 0 unspecified atom stereocenters. The lowest BCUT2D eigenvalue weighted by molar-refractivity contribution is -0.135. The second kappa shape index (κ2) is 8.52. The molecule has 1 saturated heterocycles. The maximum absolute atomic E-state index is 13.6. The average Bonchev–Trinajstić information content (AvgIpc) is 3.20. The maximum Gasteiger partial charge on any atom is 0.230 e. The molecule has 5 nitrogen and oxygen atoms in total. The van der Waals surface area contributed by atoms with Crippen LogP contribution in [0.3, 0.4) is 0 Å². The number of likely N-dealkylation sites (tertiary alicyclic amines) is 1. The van der Waals surface area contributed by atoms with Crippen LogP contribution in [0.4, 0.5) is 0 Å². The minimum absolute atomic E-state index is 0.00987. The zero-order valence-electron chi connectivity index (χ0n) is 18.1. The first-order valence-electron chi connectivity index (χ1n) is 11.8. The van der Waals surface area contributed by atoms with Gasteiger partial charge in [0.1, 0.15) is 5.76 Å². The predicted octanol–water partition coefficient (Wildman–Crippen LogP) is 4.50. The van der Waals surface area contributed by atoms with E-state index in [0.29, 0.717) is 18.4 Å². The average molecular weight is 421 g/mol. The van der Waals surface area contributed by atoms with E-state index in [2.05, 4.69) is 22.3 Å². The first kappa shape index (κ1) is 20.3. The summed E-state index contributed by atoms with van der Waals surface area (Å²) in [5, 5.41) is 3.02. The molecule has 1 N–H and O–H groups in total. The van der Waals surface area contributed by atoms with E-state index in [1.807, 2.05) is 30.3 Å². The van der Waals surface area contributed by atoms with Gasteiger partial charge < -0.3 is 14.6 Å². The Bertz CT molecular complexity index is 894. The fraction of sp³-hybridized carbons (Fsp3) is 0.538. The van der Waals surface area contributed by atoms with Crippen molar-refractivity contribution in [1.82, 2.24) is 10.2 Å². The lowest BCUT2D eigenvalue weighted by Gasteiger charge is -2.36. The molecular formula is C26H32N2O3. The summed E-state index contributed by atoms with van der Waals surface area (Å²) in [6.07, 6.45) is 9.22. The Kier molecular flexibility index (Phi) is 5.59. The van der Waals surface area contributed by atoms with E-state index in [1.165, 1.54) is 18.4 Å². The van der Waals surface area contributed by atoms with Gasteiger partial charge in [0.05, 0.1) is 18.7 Å². The first-order valence-corrected chi connectivity index (χ1v) is 11.8. The van der Waals surface area contributed by atoms with Crippen LogP contribution in [-0.2, 0) is 16.1 Å². The standard InChI is InChI=1S/C26H32N2O3/c29-24(27-18-21-11-6-16-31-21)22-17-26(22)12-14-28(15-13-26)25(30)23(20-9-4-5-10-20)19-7-2-1-3-8-19/h1-3,6-8,11,16,20,22-23H,4-5,9-10,12-15,17-18H2,(H,27,29)/t22-,23+/m0/s1. The van der Waals surface area contributed by atoms with Gasteiger partial charge in [0.15, 0.2) is 0 Å². The van der Waals surface area contributed by atoms with Gasteiger partial charge >= 0.3 is 0 Å². The molecule has 0 bridgehead atoms. The van der Waals surface area contributed by atoms with Crippen molar-refractivity contribution in [1.29, 1.82) is 0 Å². The molecule has 2 saturated carbocycles. The van der Waals surface area contributed by atoms with Crippen molar-refractivity contribution in [2.24, 2.45) is 17.3 Å². The van der Waals surface area contributed by atoms with Crippen molar-refractivity contribution in [2.75, 3.05) is 13.1 Å². The van der Waals surface area contributed by atoms with Crippen molar-refractivity contribution in [3.8, 4) is 0 Å². The summed E-state index contributed by atoms with van der Waals surface area (Å²) in [6.45, 7) is 2.00. The van der Waals surface area contributed by atoms with E-state index in [1.54, 1.807) is 6.26 Å². The van der Waals surface area contributed by atoms with E-state index in [0.717, 1.165) is 51.0 Å². The largest absolute Gasteiger partial charge is 0.467 e. The molecule has 2 heterocycles. The van der Waals surface area contributed by atoms with Gasteiger partial charge in [0.25, 0.3) is 0 Å². The van der Waals surface area contributed by atoms with Crippen molar-refractivity contribution >= 4 is 11.8 Å². The Morgan fingerprint density at radius 1 is 1.06 bits per heavy atom. The van der Waals surface area contributed by atoms with Gasteiger partial charge in [-0.2, -0.15) is 0 Å². The van der Waals surface area contributed by atoms with Crippen LogP contribution < -0.4 is 5.32 Å². The van der Waals surface area contributed by atoms with Crippen LogP contribution >= 0.6 is 0 Å². The van der Waals surface area contributed by atoms with E-state index >= 15 is 0 Å². The fourth-order valence-corrected chi connectivity index (χ4v) is 5.92. The SMILES string of the molecule is O=C(NCc1ccco1)[C@@H]1CC12CCN(C(=O)[C@H](c1ccccc1)C1CCCC1)CC2. The molecule has 0 radical (unpaired) electrons. The normalized spacial score (nSPS) is 23.6. The number of nitrogens with one attached hydrogen (secondary N) is 1. The molecular weight excluding hydrogens is 388 g/mol. The lowest BCUT2D eigenvalue weighted by atomic mass is 9.82. The summed E-state index contributed by atoms with van der Waals surface area (Å²) in [5.41, 5.74) is 1.26. The van der Waals surface area contributed by atoms with Gasteiger partial charge in [-0.25, -0.2) is 0 Å². The molecule has 5 rings (SSSR count). The number of amides is 2. The molecule has 2 aromatic rings. The van der Waals surface area contributed by atoms with Gasteiger partial charge in [-0.3, -0.25) is 9.59 Å². The fourth-order valence-electron chi connectivity index (χ4n) is 5.92. The number of carbonyl (C=O) groups excluding carboxylic acids is 2. The van der Waals surface area contributed by atoms with Crippen molar-refractivity contribution in [2.45, 2.75) is 57.4 Å². The van der Waals surface area contributed by atoms with Crippen LogP contribution in [0, 0.1) is 17.3 Å². The molecule has 2 amide bonds. The quantitative estimate of drug-likeness (QED) is 0.748. The summed E-state index contributed by atoms with van der Waals surface area (Å²) in [4.78, 5) is 28.3. The number of benzene rings is 1. The molecule has 1 aromatic heterocycles. The topological polar surface area (TPSA) is 62.6 Å². The minimum atomic E-state index is -0.00987. The Morgan fingerprint density at radius 2 is 1.81 bits per heavy atom. The van der Waals surface area contributed by atoms with Gasteiger partial charge in [0.2, 0.25) is 11.8 Å². The third kappa shape index (κ3) is 4.15. The van der Waals surface area contributed by atoms with Gasteiger partial charge in [-0.15, -0.1) is 0 Å². The molecule has 31 heavy (non-hydrogen) atoms. The molecule has 164 valence electrons. The number of rotatable bonds is 6. The molecule has 2 aliphatic carbocycles. The van der Waals surface area contributed by atoms with E-state index < -0.39 is 0 Å². The second-order valence-corrected chi connectivity index (χ2v) is 9.67. The molecule has 1 aliphatic heterocycles. The van der Waals surface area contributed by atoms with Crippen molar-refractivity contribution in [3.63, 3.8) is 0 Å². The molecule has 3 fully saturated rings. The molecule has 1 spiro atoms. The van der Waals surface area contributed by atoms with Gasteiger partial charge in [-0.1, -0.05) is 43.2 Å². The van der Waals surface area contributed by atoms with E-state index in [9.17, 15) is 9.59 Å². The number of hydrogen-bond acceptors (Lipinski definition) is 3. The first-order chi connectivity index (χ1) is 15.2. The third-order valence-corrected chi connectivity index (χ3v) is 7.89. The summed E-state index contributed by atoms with van der Waals surface area (Å²) in [5.74, 6) is 1.75. The minimum Gasteiger partial charge on any atom is -0.467 e. The second-order valence-electron chi connectivity index (χ2n) is 9.67. The summed E-state index contributed by atoms with van der Waals surface area (Å²) in [6, 6.07) is 14.1. The Morgan fingerprint density at radius 3 is 2.48 bits per heavy atom. The van der Waals surface area contributed by atoms with Crippen LogP contribution in [0.1, 0.15) is 62.2 Å². The highest BCUT2D eigenvalue weighted by molar-refractivity contribution is 5.85. The monoisotopic (exact) mass is 420 g/mol. The highest BCUT2D eigenvalue weighted by atomic mass is 16.3. The molecule has 5 heteroatoms. The van der Waals surface area contributed by atoms with E-state index in [-0.39, 0.29) is 23.2 Å². The number of hydrogen-bond donors (Lipinski definition) is 1. The summed E-state index contributed by atoms with van der Waals surface area (Å²) < 4.78 is 5.30. The van der Waals surface area contributed by atoms with Gasteiger partial charge in [-0.05, 0) is 61.1 Å². The van der Waals surface area contributed by atoms with Crippen LogP contribution in [0.5, 0.6) is 0 Å². The molecule has 1 aromatic carbocycles. The number of furan rings is 1. The number of nitrogens with zero attached hydrogens (tertiary/aromatic N) is 1. The Hall–Kier alpha value is -2.56. The molecule has 2 atom stereocenters. The summed E-state index contributed by atoms with van der Waals surface area (Å²) in [7, 11) is 0. The third-order valence-electron chi connectivity index (χ3n) is 7.89. The zero-order valence-corrected chi connectivity index (χ0v) is 18.1. The number of carbonyl (C=O) groups is 2. The number of piperidine rings is 1. The Balaban J connectivity index is 1.19. The van der Waals surface area contributed by atoms with Crippen LogP contribution in [0.15, 0.2) is 53.1 Å². The predicted molar refractivity (Wildman–Crippen MR) is 118 cm³/mol. The van der Waals surface area contributed by atoms with Crippen LogP contribution in [0.2, 0.25) is 0 Å². The summed E-state index contributed by atoms with van der Waals surface area (Å²) >= 11 is 0. The molecule has 3 aliphatic rings. The smallest absolute Gasteiger partial charge is 0.230 e. The van der Waals surface area contributed by atoms with Crippen LogP contribution in [-0.4, -0.2) is 29.8 Å². The zero-order chi connectivity index (χ0) is 21.3. The van der Waals surface area contributed by atoms with Crippen LogP contribution in [0.25, 0.3) is 0 Å². The van der Waals surface area contributed by atoms with Crippen molar-refractivity contribution in [3.05, 3.63) is 60.1 Å². The maximum atomic E-state index is 13.6. The highest BCUT2D eigenvalue weighted by Crippen LogP contribution is 2.59. The Labute approximate surface area is 184 Å². The van der Waals surface area contributed by atoms with Gasteiger partial charge in [0, 0.05) is 19.0 Å². The lowest BCUT2D eigenvalue weighted by Crippen LogP contribution is -2.44. The van der Waals surface area contributed by atoms with E-state index in [4.69, 9.17) is 4.42 Å². The van der Waals surface area contributed by atoms with Crippen molar-refractivity contribution < 1.29 is 14.0 Å². The highest BCUT2D eigenvalue weighted by Gasteiger charge is 2.58.